The van der Waals surface area contributed by atoms with Crippen molar-refractivity contribution in [2.75, 3.05) is 13.6 Å². The number of hydrogen-bond donors (Lipinski definition) is 2. The summed E-state index contributed by atoms with van der Waals surface area (Å²) in [4.78, 5) is 10.7. The van der Waals surface area contributed by atoms with Crippen LogP contribution in [0.5, 0.6) is 0 Å². The Morgan fingerprint density at radius 3 is 2.88 bits per heavy atom. The highest BCUT2D eigenvalue weighted by Crippen LogP contribution is 2.17. The Balaban J connectivity index is 2.80. The van der Waals surface area contributed by atoms with Crippen LogP contribution < -0.4 is 5.32 Å². The molecule has 0 heterocycles. The molecule has 0 saturated heterocycles. The van der Waals surface area contributed by atoms with E-state index in [1.54, 1.807) is 12.1 Å². The minimum atomic E-state index is -1.03. The van der Waals surface area contributed by atoms with Crippen LogP contribution >= 0.6 is 11.6 Å². The number of halogens is 1. The van der Waals surface area contributed by atoms with Crippen LogP contribution in [0.2, 0.25) is 5.02 Å². The van der Waals surface area contributed by atoms with Crippen LogP contribution in [0, 0.1) is 11.8 Å². The number of carboxylic acid groups (broad SMARTS) is 1. The number of rotatable bonds is 3. The van der Waals surface area contributed by atoms with Crippen molar-refractivity contribution < 1.29 is 9.90 Å². The van der Waals surface area contributed by atoms with E-state index in [1.165, 1.54) is 6.07 Å². The molecule has 4 heteroatoms. The zero-order valence-corrected chi connectivity index (χ0v) is 9.64. The standard InChI is InChI=1S/C12H12ClNO2/c1-14-7-3-2-4-9-5-6-10(12(15)16)11(13)8-9/h5-6,8,14H,3,7H2,1H3,(H,15,16). The quantitative estimate of drug-likeness (QED) is 0.625. The Morgan fingerprint density at radius 1 is 1.56 bits per heavy atom. The van der Waals surface area contributed by atoms with Gasteiger partial charge in [-0.3, -0.25) is 0 Å². The van der Waals surface area contributed by atoms with Crippen LogP contribution in [-0.4, -0.2) is 24.7 Å². The smallest absolute Gasteiger partial charge is 0.337 e. The number of benzene rings is 1. The number of carbonyl (C=O) groups is 1. The molecule has 0 amide bonds. The molecule has 3 nitrogen and oxygen atoms in total. The van der Waals surface area contributed by atoms with Gasteiger partial charge in [0.15, 0.2) is 0 Å². The van der Waals surface area contributed by atoms with E-state index in [0.29, 0.717) is 0 Å². The fourth-order valence-corrected chi connectivity index (χ4v) is 1.38. The van der Waals surface area contributed by atoms with Crippen molar-refractivity contribution in [1.29, 1.82) is 0 Å². The summed E-state index contributed by atoms with van der Waals surface area (Å²) in [7, 11) is 1.86. The van der Waals surface area contributed by atoms with E-state index in [1.807, 2.05) is 7.05 Å². The molecule has 0 spiro atoms. The van der Waals surface area contributed by atoms with Crippen LogP contribution in [0.25, 0.3) is 0 Å². The molecule has 0 aromatic heterocycles. The van der Waals surface area contributed by atoms with Crippen molar-refractivity contribution in [2.24, 2.45) is 0 Å². The first-order valence-electron chi connectivity index (χ1n) is 4.81. The van der Waals surface area contributed by atoms with Gasteiger partial charge >= 0.3 is 5.97 Å². The molecular formula is C12H12ClNO2. The first kappa shape index (κ1) is 12.6. The molecular weight excluding hydrogens is 226 g/mol. The summed E-state index contributed by atoms with van der Waals surface area (Å²) in [5.41, 5.74) is 0.827. The second-order valence-corrected chi connectivity index (χ2v) is 3.56. The predicted octanol–water partition coefficient (Wildman–Crippen LogP) is 2.00. The van der Waals surface area contributed by atoms with E-state index < -0.39 is 5.97 Å². The van der Waals surface area contributed by atoms with Crippen LogP contribution in [0.1, 0.15) is 22.3 Å². The second kappa shape index (κ2) is 6.16. The second-order valence-electron chi connectivity index (χ2n) is 3.16. The number of nitrogens with one attached hydrogen (secondary N) is 1. The zero-order valence-electron chi connectivity index (χ0n) is 8.88. The van der Waals surface area contributed by atoms with Gasteiger partial charge in [-0.15, -0.1) is 0 Å². The van der Waals surface area contributed by atoms with E-state index in [9.17, 15) is 4.79 Å². The third-order valence-electron chi connectivity index (χ3n) is 1.93. The predicted molar refractivity (Wildman–Crippen MR) is 63.8 cm³/mol. The van der Waals surface area contributed by atoms with E-state index in [4.69, 9.17) is 16.7 Å². The molecule has 0 aliphatic carbocycles. The third-order valence-corrected chi connectivity index (χ3v) is 2.24. The lowest BCUT2D eigenvalue weighted by molar-refractivity contribution is 0.0697. The first-order valence-corrected chi connectivity index (χ1v) is 5.19. The van der Waals surface area contributed by atoms with Crippen molar-refractivity contribution in [2.45, 2.75) is 6.42 Å². The van der Waals surface area contributed by atoms with E-state index >= 15 is 0 Å². The molecule has 84 valence electrons. The Hall–Kier alpha value is -1.50. The Kier molecular flexibility index (Phi) is 4.84. The molecule has 0 aliphatic rings. The zero-order chi connectivity index (χ0) is 12.0. The number of aromatic carboxylic acids is 1. The average molecular weight is 238 g/mol. The fourth-order valence-electron chi connectivity index (χ4n) is 1.12. The van der Waals surface area contributed by atoms with Crippen molar-refractivity contribution >= 4 is 17.6 Å². The normalized spacial score (nSPS) is 9.38. The summed E-state index contributed by atoms with van der Waals surface area (Å²) < 4.78 is 0. The maximum Gasteiger partial charge on any atom is 0.337 e. The highest BCUT2D eigenvalue weighted by atomic mass is 35.5. The molecule has 0 bridgehead atoms. The fraction of sp³-hybridized carbons (Fsp3) is 0.250. The summed E-state index contributed by atoms with van der Waals surface area (Å²) >= 11 is 5.80. The highest BCUT2D eigenvalue weighted by Gasteiger charge is 2.07. The maximum absolute atomic E-state index is 10.7. The van der Waals surface area contributed by atoms with Gasteiger partial charge in [-0.2, -0.15) is 0 Å². The topological polar surface area (TPSA) is 49.3 Å². The molecule has 0 fully saturated rings. The largest absolute Gasteiger partial charge is 0.478 e. The Labute approximate surface area is 99.4 Å². The molecule has 1 rings (SSSR count). The number of carboxylic acids is 1. The minimum Gasteiger partial charge on any atom is -0.478 e. The highest BCUT2D eigenvalue weighted by molar-refractivity contribution is 6.33. The summed E-state index contributed by atoms with van der Waals surface area (Å²) in [6.45, 7) is 0.827. The van der Waals surface area contributed by atoms with Gasteiger partial charge in [-0.05, 0) is 25.2 Å². The molecule has 2 N–H and O–H groups in total. The van der Waals surface area contributed by atoms with Crippen molar-refractivity contribution in [3.05, 3.63) is 34.3 Å². The lowest BCUT2D eigenvalue weighted by Gasteiger charge is -1.98. The van der Waals surface area contributed by atoms with E-state index in [-0.39, 0.29) is 10.6 Å². The van der Waals surface area contributed by atoms with Crippen LogP contribution in [0.15, 0.2) is 18.2 Å². The molecule has 1 aromatic rings. The van der Waals surface area contributed by atoms with Gasteiger partial charge in [0, 0.05) is 18.5 Å². The van der Waals surface area contributed by atoms with Gasteiger partial charge < -0.3 is 10.4 Å². The van der Waals surface area contributed by atoms with E-state index in [0.717, 1.165) is 18.5 Å². The lowest BCUT2D eigenvalue weighted by Crippen LogP contribution is -2.05. The molecule has 0 unspecified atom stereocenters. The summed E-state index contributed by atoms with van der Waals surface area (Å²) in [5, 5.41) is 12.0. The van der Waals surface area contributed by atoms with Gasteiger partial charge in [-0.1, -0.05) is 23.4 Å². The minimum absolute atomic E-state index is 0.0995. The summed E-state index contributed by atoms with van der Waals surface area (Å²) in [5.74, 6) is 4.85. The Morgan fingerprint density at radius 2 is 2.31 bits per heavy atom. The number of hydrogen-bond acceptors (Lipinski definition) is 2. The molecule has 0 atom stereocenters. The third kappa shape index (κ3) is 3.58. The van der Waals surface area contributed by atoms with Crippen molar-refractivity contribution in [1.82, 2.24) is 5.32 Å². The maximum atomic E-state index is 10.7. The summed E-state index contributed by atoms with van der Waals surface area (Å²) in [6, 6.07) is 4.69. The van der Waals surface area contributed by atoms with Gasteiger partial charge in [0.2, 0.25) is 0 Å². The van der Waals surface area contributed by atoms with Crippen molar-refractivity contribution in [3.8, 4) is 11.8 Å². The molecule has 0 saturated carbocycles. The molecule has 0 aliphatic heterocycles. The van der Waals surface area contributed by atoms with Gasteiger partial charge in [0.05, 0.1) is 10.6 Å². The van der Waals surface area contributed by atoms with Gasteiger partial charge in [-0.25, -0.2) is 4.79 Å². The lowest BCUT2D eigenvalue weighted by atomic mass is 10.1. The van der Waals surface area contributed by atoms with Crippen molar-refractivity contribution in [3.63, 3.8) is 0 Å². The SMILES string of the molecule is CNCCC#Cc1ccc(C(=O)O)c(Cl)c1. The monoisotopic (exact) mass is 237 g/mol. The van der Waals surface area contributed by atoms with Gasteiger partial charge in [0.25, 0.3) is 0 Å². The van der Waals surface area contributed by atoms with Crippen LogP contribution in [0.3, 0.4) is 0 Å². The summed E-state index contributed by atoms with van der Waals surface area (Å²) in [6.07, 6.45) is 0.745. The van der Waals surface area contributed by atoms with Crippen LogP contribution in [0.4, 0.5) is 0 Å². The average Bonchev–Trinajstić information content (AvgIpc) is 2.24. The van der Waals surface area contributed by atoms with Crippen LogP contribution in [-0.2, 0) is 0 Å². The first-order chi connectivity index (χ1) is 7.65. The Bertz CT molecular complexity index is 446. The molecule has 1 aromatic carbocycles. The molecule has 16 heavy (non-hydrogen) atoms. The molecule has 0 radical (unpaired) electrons. The van der Waals surface area contributed by atoms with E-state index in [2.05, 4.69) is 17.2 Å². The van der Waals surface area contributed by atoms with Gasteiger partial charge in [0.1, 0.15) is 0 Å².